The summed E-state index contributed by atoms with van der Waals surface area (Å²) in [5.74, 6) is 0.420. The predicted octanol–water partition coefficient (Wildman–Crippen LogP) is 2.64. The first-order chi connectivity index (χ1) is 7.74. The molecule has 0 aliphatic carbocycles. The number of hydrogen-bond donors (Lipinski definition) is 1. The van der Waals surface area contributed by atoms with Crippen LogP contribution >= 0.6 is 11.6 Å². The Morgan fingerprint density at radius 2 is 2.19 bits per heavy atom. The average Bonchev–Trinajstić information content (AvgIpc) is 2.28. The number of unbranched alkanes of at least 4 members (excludes halogenated alkanes) is 1. The summed E-state index contributed by atoms with van der Waals surface area (Å²) in [6, 6.07) is 7.10. The van der Waals surface area contributed by atoms with E-state index in [0.29, 0.717) is 17.3 Å². The van der Waals surface area contributed by atoms with Gasteiger partial charge in [-0.3, -0.25) is 4.79 Å². The molecular formula is C12H16ClNO2. The van der Waals surface area contributed by atoms with E-state index in [2.05, 4.69) is 12.2 Å². The highest BCUT2D eigenvalue weighted by molar-refractivity contribution is 6.32. The molecule has 1 aromatic carbocycles. The van der Waals surface area contributed by atoms with Crippen LogP contribution in [0.2, 0.25) is 5.02 Å². The first-order valence-corrected chi connectivity index (χ1v) is 5.76. The lowest BCUT2D eigenvalue weighted by atomic mass is 10.3. The maximum absolute atomic E-state index is 11.3. The molecule has 0 radical (unpaired) electrons. The lowest BCUT2D eigenvalue weighted by Gasteiger charge is -2.07. The quantitative estimate of drug-likeness (QED) is 0.778. The van der Waals surface area contributed by atoms with Crippen molar-refractivity contribution < 1.29 is 9.53 Å². The molecule has 0 aliphatic rings. The van der Waals surface area contributed by atoms with Gasteiger partial charge in [0.25, 0.3) is 5.91 Å². The van der Waals surface area contributed by atoms with Gasteiger partial charge in [-0.05, 0) is 18.6 Å². The summed E-state index contributed by atoms with van der Waals surface area (Å²) < 4.78 is 5.29. The zero-order valence-corrected chi connectivity index (χ0v) is 10.1. The third-order valence-corrected chi connectivity index (χ3v) is 2.36. The van der Waals surface area contributed by atoms with E-state index in [1.807, 2.05) is 12.1 Å². The molecular weight excluding hydrogens is 226 g/mol. The van der Waals surface area contributed by atoms with Crippen LogP contribution in [0.1, 0.15) is 19.8 Å². The first kappa shape index (κ1) is 12.8. The van der Waals surface area contributed by atoms with Gasteiger partial charge in [-0.1, -0.05) is 37.1 Å². The molecule has 0 aromatic heterocycles. The van der Waals surface area contributed by atoms with Crippen molar-refractivity contribution >= 4 is 17.5 Å². The number of rotatable bonds is 6. The van der Waals surface area contributed by atoms with Gasteiger partial charge in [0, 0.05) is 6.54 Å². The minimum atomic E-state index is -0.117. The molecule has 1 rings (SSSR count). The van der Waals surface area contributed by atoms with Crippen molar-refractivity contribution in [3.8, 4) is 5.75 Å². The number of benzene rings is 1. The smallest absolute Gasteiger partial charge is 0.257 e. The number of carbonyl (C=O) groups is 1. The number of amides is 1. The minimum Gasteiger partial charge on any atom is -0.482 e. The Balaban J connectivity index is 2.29. The molecule has 0 fully saturated rings. The minimum absolute atomic E-state index is 0.00739. The molecule has 0 atom stereocenters. The van der Waals surface area contributed by atoms with Crippen LogP contribution in [0.3, 0.4) is 0 Å². The van der Waals surface area contributed by atoms with Gasteiger partial charge in [-0.15, -0.1) is 0 Å². The van der Waals surface area contributed by atoms with Gasteiger partial charge < -0.3 is 10.1 Å². The third-order valence-electron chi connectivity index (χ3n) is 2.05. The lowest BCUT2D eigenvalue weighted by Crippen LogP contribution is -2.29. The molecule has 0 saturated heterocycles. The Bertz CT molecular complexity index is 342. The number of hydrogen-bond acceptors (Lipinski definition) is 2. The molecule has 4 heteroatoms. The van der Waals surface area contributed by atoms with Gasteiger partial charge in [-0.2, -0.15) is 0 Å². The highest BCUT2D eigenvalue weighted by Crippen LogP contribution is 2.22. The second kappa shape index (κ2) is 7.12. The fraction of sp³-hybridized carbons (Fsp3) is 0.417. The molecule has 0 heterocycles. The molecule has 16 heavy (non-hydrogen) atoms. The molecule has 1 N–H and O–H groups in total. The van der Waals surface area contributed by atoms with Crippen LogP contribution in [0.5, 0.6) is 5.75 Å². The highest BCUT2D eigenvalue weighted by Gasteiger charge is 2.04. The van der Waals surface area contributed by atoms with Gasteiger partial charge in [0.05, 0.1) is 5.02 Å². The highest BCUT2D eigenvalue weighted by atomic mass is 35.5. The molecule has 88 valence electrons. The van der Waals surface area contributed by atoms with Crippen molar-refractivity contribution in [3.05, 3.63) is 29.3 Å². The summed E-state index contributed by atoms with van der Waals surface area (Å²) in [5, 5.41) is 3.28. The summed E-state index contributed by atoms with van der Waals surface area (Å²) in [6.45, 7) is 2.78. The topological polar surface area (TPSA) is 38.3 Å². The van der Waals surface area contributed by atoms with Crippen LogP contribution in [-0.4, -0.2) is 19.1 Å². The largest absolute Gasteiger partial charge is 0.482 e. The van der Waals surface area contributed by atoms with E-state index in [9.17, 15) is 4.79 Å². The Labute approximate surface area is 101 Å². The molecule has 0 unspecified atom stereocenters. The first-order valence-electron chi connectivity index (χ1n) is 5.38. The standard InChI is InChI=1S/C12H16ClNO2/c1-2-3-8-14-12(15)9-16-11-7-5-4-6-10(11)13/h4-7H,2-3,8-9H2,1H3,(H,14,15). The number of nitrogens with one attached hydrogen (secondary N) is 1. The number of para-hydroxylation sites is 1. The summed E-state index contributed by atoms with van der Waals surface area (Å²) in [5.41, 5.74) is 0. The lowest BCUT2D eigenvalue weighted by molar-refractivity contribution is -0.123. The molecule has 0 saturated carbocycles. The van der Waals surface area contributed by atoms with Gasteiger partial charge in [0.1, 0.15) is 5.75 Å². The molecule has 1 aromatic rings. The number of halogens is 1. The van der Waals surface area contributed by atoms with E-state index in [1.54, 1.807) is 12.1 Å². The zero-order valence-electron chi connectivity index (χ0n) is 9.33. The summed E-state index contributed by atoms with van der Waals surface area (Å²) in [4.78, 5) is 11.3. The fourth-order valence-corrected chi connectivity index (χ4v) is 1.35. The summed E-state index contributed by atoms with van der Waals surface area (Å²) in [6.07, 6.45) is 2.05. The zero-order chi connectivity index (χ0) is 11.8. The van der Waals surface area contributed by atoms with Crippen LogP contribution in [0, 0.1) is 0 Å². The van der Waals surface area contributed by atoms with Crippen LogP contribution in [-0.2, 0) is 4.79 Å². The van der Waals surface area contributed by atoms with Crippen LogP contribution in [0.15, 0.2) is 24.3 Å². The Hall–Kier alpha value is -1.22. The van der Waals surface area contributed by atoms with E-state index in [1.165, 1.54) is 0 Å². The van der Waals surface area contributed by atoms with Crippen molar-refractivity contribution in [2.75, 3.05) is 13.2 Å². The third kappa shape index (κ3) is 4.53. The Morgan fingerprint density at radius 1 is 1.44 bits per heavy atom. The molecule has 0 spiro atoms. The van der Waals surface area contributed by atoms with Gasteiger partial charge >= 0.3 is 0 Å². The Morgan fingerprint density at radius 3 is 2.88 bits per heavy atom. The van der Waals surface area contributed by atoms with Crippen LogP contribution < -0.4 is 10.1 Å². The second-order valence-corrected chi connectivity index (χ2v) is 3.83. The summed E-state index contributed by atoms with van der Waals surface area (Å²) >= 11 is 5.88. The monoisotopic (exact) mass is 241 g/mol. The fourth-order valence-electron chi connectivity index (χ4n) is 1.16. The van der Waals surface area contributed by atoms with Crippen LogP contribution in [0.25, 0.3) is 0 Å². The maximum atomic E-state index is 11.3. The number of carbonyl (C=O) groups excluding carboxylic acids is 1. The van der Waals surface area contributed by atoms with E-state index < -0.39 is 0 Å². The molecule has 0 bridgehead atoms. The average molecular weight is 242 g/mol. The maximum Gasteiger partial charge on any atom is 0.257 e. The van der Waals surface area contributed by atoms with Crippen molar-refractivity contribution in [1.29, 1.82) is 0 Å². The SMILES string of the molecule is CCCCNC(=O)COc1ccccc1Cl. The van der Waals surface area contributed by atoms with Gasteiger partial charge in [0.15, 0.2) is 6.61 Å². The van der Waals surface area contributed by atoms with Gasteiger partial charge in [0.2, 0.25) is 0 Å². The van der Waals surface area contributed by atoms with Gasteiger partial charge in [-0.25, -0.2) is 0 Å². The van der Waals surface area contributed by atoms with Crippen molar-refractivity contribution in [1.82, 2.24) is 5.32 Å². The molecule has 1 amide bonds. The second-order valence-electron chi connectivity index (χ2n) is 3.42. The molecule has 3 nitrogen and oxygen atoms in total. The van der Waals surface area contributed by atoms with Crippen molar-refractivity contribution in [2.24, 2.45) is 0 Å². The predicted molar refractivity (Wildman–Crippen MR) is 64.9 cm³/mol. The summed E-state index contributed by atoms with van der Waals surface area (Å²) in [7, 11) is 0. The van der Waals surface area contributed by atoms with E-state index >= 15 is 0 Å². The van der Waals surface area contributed by atoms with E-state index in [-0.39, 0.29) is 12.5 Å². The van der Waals surface area contributed by atoms with E-state index in [4.69, 9.17) is 16.3 Å². The van der Waals surface area contributed by atoms with Crippen LogP contribution in [0.4, 0.5) is 0 Å². The molecule has 0 aliphatic heterocycles. The number of ether oxygens (including phenoxy) is 1. The van der Waals surface area contributed by atoms with Crippen molar-refractivity contribution in [2.45, 2.75) is 19.8 Å². The van der Waals surface area contributed by atoms with E-state index in [0.717, 1.165) is 12.8 Å². The van der Waals surface area contributed by atoms with Crippen molar-refractivity contribution in [3.63, 3.8) is 0 Å². The normalized spacial score (nSPS) is 9.88. The Kier molecular flexibility index (Phi) is 5.72.